The van der Waals surface area contributed by atoms with Crippen LogP contribution >= 0.6 is 0 Å². The molecule has 1 aliphatic heterocycles. The van der Waals surface area contributed by atoms with E-state index < -0.39 is 17.2 Å². The molecule has 0 spiro atoms. The van der Waals surface area contributed by atoms with E-state index in [1.807, 2.05) is 38.1 Å². The Hall–Kier alpha value is -3.61. The summed E-state index contributed by atoms with van der Waals surface area (Å²) < 4.78 is 28.1. The first-order chi connectivity index (χ1) is 16.3. The van der Waals surface area contributed by atoms with Gasteiger partial charge in [-0.1, -0.05) is 6.08 Å². The van der Waals surface area contributed by atoms with Crippen molar-refractivity contribution >= 4 is 22.8 Å². The molecule has 1 aromatic carbocycles. The van der Waals surface area contributed by atoms with Crippen molar-refractivity contribution in [2.45, 2.75) is 51.6 Å². The lowest BCUT2D eigenvalue weighted by atomic mass is 9.80. The van der Waals surface area contributed by atoms with E-state index in [9.17, 15) is 8.78 Å². The summed E-state index contributed by atoms with van der Waals surface area (Å²) in [6.45, 7) is 6.16. The monoisotopic (exact) mass is 459 g/mol. The quantitative estimate of drug-likeness (QED) is 0.555. The van der Waals surface area contributed by atoms with Gasteiger partial charge < -0.3 is 10.2 Å². The van der Waals surface area contributed by atoms with Crippen molar-refractivity contribution in [3.05, 3.63) is 89.7 Å². The molecular weight excluding hydrogens is 432 g/mol. The van der Waals surface area contributed by atoms with Crippen molar-refractivity contribution < 1.29 is 8.78 Å². The molecule has 0 radical (unpaired) electrons. The maximum absolute atomic E-state index is 14.3. The number of hydrogen-bond acceptors (Lipinski definition) is 5. The van der Waals surface area contributed by atoms with E-state index in [1.54, 1.807) is 18.5 Å². The third-order valence-electron chi connectivity index (χ3n) is 6.32. The van der Waals surface area contributed by atoms with Gasteiger partial charge in [0.15, 0.2) is 11.6 Å². The maximum atomic E-state index is 14.3. The Kier molecular flexibility index (Phi) is 5.63. The first-order valence-corrected chi connectivity index (χ1v) is 11.6. The molecular formula is C27H27F2N5. The third kappa shape index (κ3) is 3.95. The number of aliphatic imine (C=N–C) groups is 2. The fraction of sp³-hybridized carbons (Fsp3) is 0.296. The second kappa shape index (κ2) is 8.63. The molecule has 1 N–H and O–H groups in total. The predicted octanol–water partition coefficient (Wildman–Crippen LogP) is 6.19. The van der Waals surface area contributed by atoms with Crippen molar-refractivity contribution in [2.75, 3.05) is 10.2 Å². The number of anilines is 2. The minimum Gasteiger partial charge on any atom is -0.352 e. The molecule has 0 bridgehead atoms. The lowest BCUT2D eigenvalue weighted by molar-refractivity contribution is 0.435. The molecule has 2 heterocycles. The number of fused-ring (bicyclic) bond motifs is 2. The number of pyridine rings is 1. The lowest BCUT2D eigenvalue weighted by Crippen LogP contribution is -2.53. The van der Waals surface area contributed by atoms with Crippen LogP contribution in [-0.4, -0.2) is 28.0 Å². The second-order valence-electron chi connectivity index (χ2n) is 9.25. The molecule has 1 atom stereocenters. The van der Waals surface area contributed by atoms with E-state index in [4.69, 9.17) is 9.98 Å². The van der Waals surface area contributed by atoms with E-state index in [2.05, 4.69) is 28.2 Å². The molecule has 1 unspecified atom stereocenters. The highest BCUT2D eigenvalue weighted by atomic mass is 19.2. The van der Waals surface area contributed by atoms with Gasteiger partial charge >= 0.3 is 0 Å². The van der Waals surface area contributed by atoms with Crippen LogP contribution in [0.4, 0.5) is 20.2 Å². The number of aromatic nitrogens is 1. The molecule has 0 saturated carbocycles. The van der Waals surface area contributed by atoms with Crippen LogP contribution in [-0.2, 0) is 0 Å². The van der Waals surface area contributed by atoms with E-state index in [-0.39, 0.29) is 6.04 Å². The van der Waals surface area contributed by atoms with Crippen LogP contribution in [0, 0.1) is 11.6 Å². The topological polar surface area (TPSA) is 52.9 Å². The Morgan fingerprint density at radius 2 is 2.00 bits per heavy atom. The van der Waals surface area contributed by atoms with Gasteiger partial charge in [0.1, 0.15) is 0 Å². The molecule has 2 aliphatic carbocycles. The van der Waals surface area contributed by atoms with Crippen molar-refractivity contribution in [1.82, 2.24) is 4.98 Å². The molecule has 0 saturated heterocycles. The average Bonchev–Trinajstić information content (AvgIpc) is 2.80. The molecule has 2 aromatic rings. The Balaban J connectivity index is 1.68. The van der Waals surface area contributed by atoms with E-state index in [0.29, 0.717) is 5.69 Å². The number of benzene rings is 1. The Morgan fingerprint density at radius 3 is 2.74 bits per heavy atom. The molecule has 0 fully saturated rings. The molecule has 3 aliphatic rings. The number of nitrogens with zero attached hydrogens (tertiary/aromatic N) is 4. The summed E-state index contributed by atoms with van der Waals surface area (Å²) in [4.78, 5) is 16.2. The molecule has 5 rings (SSSR count). The molecule has 1 aromatic heterocycles. The van der Waals surface area contributed by atoms with Crippen molar-refractivity contribution in [1.29, 1.82) is 0 Å². The highest BCUT2D eigenvalue weighted by Gasteiger charge is 2.44. The van der Waals surface area contributed by atoms with Crippen LogP contribution in [0.2, 0.25) is 0 Å². The maximum Gasteiger partial charge on any atom is 0.160 e. The van der Waals surface area contributed by atoms with Crippen molar-refractivity contribution in [2.24, 2.45) is 9.98 Å². The zero-order chi connectivity index (χ0) is 23.9. The minimum atomic E-state index is -0.867. The van der Waals surface area contributed by atoms with Crippen LogP contribution in [0.15, 0.2) is 88.0 Å². The van der Waals surface area contributed by atoms with E-state index in [0.717, 1.165) is 53.5 Å². The number of hydrogen-bond donors (Lipinski definition) is 1. The Labute approximate surface area is 198 Å². The van der Waals surface area contributed by atoms with Gasteiger partial charge in [-0.05, 0) is 76.5 Å². The van der Waals surface area contributed by atoms with Crippen LogP contribution in [0.3, 0.4) is 0 Å². The van der Waals surface area contributed by atoms with Crippen molar-refractivity contribution in [3.8, 4) is 0 Å². The van der Waals surface area contributed by atoms with Crippen LogP contribution < -0.4 is 10.2 Å². The Morgan fingerprint density at radius 1 is 1.15 bits per heavy atom. The average molecular weight is 460 g/mol. The number of nitrogens with one attached hydrogen (secondary N) is 1. The SMILES string of the molecule is CC(C)N=C1C=C2C(=NC3=CCCCC3(C)N2c2ccc(F)c(F)c2)C=C1Nc1cccnc1. The first kappa shape index (κ1) is 22.2. The largest absolute Gasteiger partial charge is 0.352 e. The fourth-order valence-electron chi connectivity index (χ4n) is 4.78. The van der Waals surface area contributed by atoms with Gasteiger partial charge in [0.25, 0.3) is 0 Å². The molecule has 5 nitrogen and oxygen atoms in total. The number of rotatable bonds is 4. The second-order valence-corrected chi connectivity index (χ2v) is 9.25. The smallest absolute Gasteiger partial charge is 0.160 e. The summed E-state index contributed by atoms with van der Waals surface area (Å²) in [5.41, 5.74) is 5.07. The summed E-state index contributed by atoms with van der Waals surface area (Å²) in [7, 11) is 0. The standard InChI is InChI=1S/C27H27F2N5/c1-17(2)31-23-15-25-24(14-22(23)32-18-7-6-12-30-16-18)33-26-8-4-5-11-27(26,3)34(25)19-9-10-20(28)21(29)13-19/h6-10,12-17,32H,4-5,11H2,1-3H3. The molecule has 7 heteroatoms. The predicted molar refractivity (Wildman–Crippen MR) is 133 cm³/mol. The first-order valence-electron chi connectivity index (χ1n) is 11.6. The zero-order valence-electron chi connectivity index (χ0n) is 19.5. The van der Waals surface area contributed by atoms with Crippen molar-refractivity contribution in [3.63, 3.8) is 0 Å². The summed E-state index contributed by atoms with van der Waals surface area (Å²) >= 11 is 0. The van der Waals surface area contributed by atoms with E-state index >= 15 is 0 Å². The normalized spacial score (nSPS) is 23.0. The fourth-order valence-corrected chi connectivity index (χ4v) is 4.78. The van der Waals surface area contributed by atoms with Gasteiger partial charge in [-0.15, -0.1) is 0 Å². The summed E-state index contributed by atoms with van der Waals surface area (Å²) in [6, 6.07) is 7.95. The van der Waals surface area contributed by atoms with Crippen LogP contribution in [0.1, 0.15) is 40.0 Å². The van der Waals surface area contributed by atoms with Gasteiger partial charge in [-0.25, -0.2) is 13.8 Å². The van der Waals surface area contributed by atoms with Crippen LogP contribution in [0.5, 0.6) is 0 Å². The molecule has 34 heavy (non-hydrogen) atoms. The summed E-state index contributed by atoms with van der Waals surface area (Å²) in [5.74, 6) is -1.73. The van der Waals surface area contributed by atoms with Crippen LogP contribution in [0.25, 0.3) is 0 Å². The van der Waals surface area contributed by atoms with Gasteiger partial charge in [0.05, 0.1) is 45.9 Å². The zero-order valence-corrected chi connectivity index (χ0v) is 19.5. The summed E-state index contributed by atoms with van der Waals surface area (Å²) in [6.07, 6.45) is 12.4. The Bertz CT molecular complexity index is 1270. The van der Waals surface area contributed by atoms with Gasteiger partial charge in [0, 0.05) is 24.0 Å². The minimum absolute atomic E-state index is 0.0606. The van der Waals surface area contributed by atoms with Gasteiger partial charge in [-0.2, -0.15) is 0 Å². The lowest BCUT2D eigenvalue weighted by Gasteiger charge is -2.49. The number of halogens is 2. The van der Waals surface area contributed by atoms with Gasteiger partial charge in [0.2, 0.25) is 0 Å². The van der Waals surface area contributed by atoms with Gasteiger partial charge in [-0.3, -0.25) is 9.98 Å². The third-order valence-corrected chi connectivity index (χ3v) is 6.32. The highest BCUT2D eigenvalue weighted by molar-refractivity contribution is 6.26. The van der Waals surface area contributed by atoms with E-state index in [1.165, 1.54) is 12.1 Å². The summed E-state index contributed by atoms with van der Waals surface area (Å²) in [5, 5.41) is 3.42. The molecule has 0 amide bonds. The highest BCUT2D eigenvalue weighted by Crippen LogP contribution is 2.45. The molecule has 174 valence electrons. The number of allylic oxidation sites excluding steroid dienone is 3.